The first kappa shape index (κ1) is 8.87. The Morgan fingerprint density at radius 2 is 2.27 bits per heavy atom. The Hall–Kier alpha value is -0.220. The highest BCUT2D eigenvalue weighted by molar-refractivity contribution is 7.80. The first-order valence-corrected chi connectivity index (χ1v) is 4.44. The lowest BCUT2D eigenvalue weighted by molar-refractivity contribution is -0.122. The van der Waals surface area contributed by atoms with E-state index in [1.807, 2.05) is 0 Å². The zero-order chi connectivity index (χ0) is 8.27. The van der Waals surface area contributed by atoms with Crippen LogP contribution in [0.3, 0.4) is 0 Å². The summed E-state index contributed by atoms with van der Waals surface area (Å²) in [6.07, 6.45) is 1.68. The van der Waals surface area contributed by atoms with Crippen LogP contribution in [-0.2, 0) is 4.79 Å². The highest BCUT2D eigenvalue weighted by Crippen LogP contribution is 2.19. The van der Waals surface area contributed by atoms with E-state index < -0.39 is 0 Å². The first-order chi connectivity index (χ1) is 5.22. The van der Waals surface area contributed by atoms with Gasteiger partial charge in [-0.1, -0.05) is 0 Å². The monoisotopic (exact) mass is 175 g/mol. The lowest BCUT2D eigenvalue weighted by Crippen LogP contribution is -2.46. The summed E-state index contributed by atoms with van der Waals surface area (Å²) >= 11 is 3.94. The van der Waals surface area contributed by atoms with Crippen LogP contribution in [-0.4, -0.2) is 28.9 Å². The Balaban J connectivity index is 2.07. The largest absolute Gasteiger partial charge is 0.393 e. The molecule has 0 bridgehead atoms. The van der Waals surface area contributed by atoms with Crippen molar-refractivity contribution in [2.75, 3.05) is 5.75 Å². The van der Waals surface area contributed by atoms with Crippen molar-refractivity contribution in [2.24, 2.45) is 0 Å². The fourth-order valence-electron chi connectivity index (χ4n) is 1.11. The van der Waals surface area contributed by atoms with Crippen molar-refractivity contribution in [3.05, 3.63) is 0 Å². The number of hydrogen-bond donors (Lipinski definition) is 3. The van der Waals surface area contributed by atoms with E-state index >= 15 is 0 Å². The van der Waals surface area contributed by atoms with Gasteiger partial charge in [0.15, 0.2) is 0 Å². The number of rotatable bonds is 3. The van der Waals surface area contributed by atoms with E-state index in [0.717, 1.165) is 0 Å². The maximum atomic E-state index is 10.9. The lowest BCUT2D eigenvalue weighted by Gasteiger charge is -2.31. The van der Waals surface area contributed by atoms with Crippen LogP contribution in [0.5, 0.6) is 0 Å². The van der Waals surface area contributed by atoms with Crippen LogP contribution in [0.15, 0.2) is 0 Å². The lowest BCUT2D eigenvalue weighted by atomic mass is 9.89. The number of amides is 1. The Bertz CT molecular complexity index is 145. The molecule has 1 fully saturated rings. The predicted molar refractivity (Wildman–Crippen MR) is 45.6 cm³/mol. The normalized spacial score (nSPS) is 29.3. The second-order valence-corrected chi connectivity index (χ2v) is 3.31. The molecule has 4 heteroatoms. The molecule has 0 heterocycles. The van der Waals surface area contributed by atoms with Gasteiger partial charge in [-0.15, -0.1) is 0 Å². The molecule has 1 aliphatic carbocycles. The minimum absolute atomic E-state index is 0.0388. The molecule has 1 rings (SSSR count). The molecule has 0 saturated heterocycles. The van der Waals surface area contributed by atoms with Crippen LogP contribution >= 0.6 is 12.6 Å². The molecule has 0 aromatic rings. The molecule has 3 nitrogen and oxygen atoms in total. The molecule has 0 atom stereocenters. The van der Waals surface area contributed by atoms with Crippen molar-refractivity contribution >= 4 is 18.5 Å². The summed E-state index contributed by atoms with van der Waals surface area (Å²) in [7, 11) is 0. The van der Waals surface area contributed by atoms with Gasteiger partial charge in [-0.05, 0) is 18.6 Å². The van der Waals surface area contributed by atoms with Gasteiger partial charge in [0.2, 0.25) is 5.91 Å². The van der Waals surface area contributed by atoms with Gasteiger partial charge in [0, 0.05) is 12.5 Å². The Labute approximate surface area is 71.6 Å². The topological polar surface area (TPSA) is 49.3 Å². The average Bonchev–Trinajstić information content (AvgIpc) is 1.85. The Kier molecular flexibility index (Phi) is 3.20. The third kappa shape index (κ3) is 2.71. The quantitative estimate of drug-likeness (QED) is 0.527. The van der Waals surface area contributed by atoms with Gasteiger partial charge in [0.25, 0.3) is 0 Å². The summed E-state index contributed by atoms with van der Waals surface area (Å²) in [4.78, 5) is 10.9. The first-order valence-electron chi connectivity index (χ1n) is 3.80. The maximum absolute atomic E-state index is 10.9. The summed E-state index contributed by atoms with van der Waals surface area (Å²) in [6, 6.07) is 0.206. The van der Waals surface area contributed by atoms with Crippen LogP contribution in [0.1, 0.15) is 19.3 Å². The number of carbonyl (C=O) groups is 1. The molecule has 0 unspecified atom stereocenters. The molecule has 1 aliphatic rings. The molecule has 2 N–H and O–H groups in total. The van der Waals surface area contributed by atoms with Crippen LogP contribution in [0.4, 0.5) is 0 Å². The van der Waals surface area contributed by atoms with Crippen LogP contribution in [0.2, 0.25) is 0 Å². The van der Waals surface area contributed by atoms with E-state index in [1.54, 1.807) is 0 Å². The molecule has 11 heavy (non-hydrogen) atoms. The highest BCUT2D eigenvalue weighted by atomic mass is 32.1. The van der Waals surface area contributed by atoms with E-state index in [2.05, 4.69) is 17.9 Å². The number of thiol groups is 1. The van der Waals surface area contributed by atoms with E-state index in [0.29, 0.717) is 25.0 Å². The van der Waals surface area contributed by atoms with Gasteiger partial charge < -0.3 is 10.4 Å². The predicted octanol–water partition coefficient (Wildman–Crippen LogP) is -0.0542. The van der Waals surface area contributed by atoms with Crippen LogP contribution in [0, 0.1) is 0 Å². The molecule has 0 aromatic carbocycles. The molecule has 0 radical (unpaired) electrons. The zero-order valence-corrected chi connectivity index (χ0v) is 7.18. The summed E-state index contributed by atoms with van der Waals surface area (Å²) < 4.78 is 0. The smallest absolute Gasteiger partial charge is 0.221 e. The van der Waals surface area contributed by atoms with Crippen molar-refractivity contribution in [2.45, 2.75) is 31.4 Å². The zero-order valence-electron chi connectivity index (χ0n) is 6.29. The van der Waals surface area contributed by atoms with Gasteiger partial charge >= 0.3 is 0 Å². The van der Waals surface area contributed by atoms with Gasteiger partial charge in [0.05, 0.1) is 6.10 Å². The van der Waals surface area contributed by atoms with E-state index in [9.17, 15) is 4.79 Å². The standard InChI is InChI=1S/C7H13NO2S/c9-6-3-5(4-6)8-7(10)1-2-11/h5-6,9,11H,1-4H2,(H,8,10). The van der Waals surface area contributed by atoms with E-state index in [1.165, 1.54) is 0 Å². The molecule has 0 aliphatic heterocycles. The van der Waals surface area contributed by atoms with E-state index in [4.69, 9.17) is 5.11 Å². The molecule has 0 aromatic heterocycles. The van der Waals surface area contributed by atoms with Gasteiger partial charge in [0.1, 0.15) is 0 Å². The molecular weight excluding hydrogens is 162 g/mol. The van der Waals surface area contributed by atoms with Crippen LogP contribution < -0.4 is 5.32 Å². The van der Waals surface area contributed by atoms with Crippen molar-refractivity contribution in [1.82, 2.24) is 5.32 Å². The molecule has 1 saturated carbocycles. The Morgan fingerprint density at radius 1 is 1.64 bits per heavy atom. The van der Waals surface area contributed by atoms with Crippen molar-refractivity contribution < 1.29 is 9.90 Å². The summed E-state index contributed by atoms with van der Waals surface area (Å²) in [5.41, 5.74) is 0. The number of aliphatic hydroxyl groups excluding tert-OH is 1. The fourth-order valence-corrected chi connectivity index (χ4v) is 1.31. The minimum Gasteiger partial charge on any atom is -0.393 e. The SMILES string of the molecule is O=C(CCS)NC1CC(O)C1. The third-order valence-electron chi connectivity index (χ3n) is 1.82. The van der Waals surface area contributed by atoms with Gasteiger partial charge in [-0.2, -0.15) is 12.6 Å². The van der Waals surface area contributed by atoms with Crippen molar-refractivity contribution in [3.8, 4) is 0 Å². The fraction of sp³-hybridized carbons (Fsp3) is 0.857. The number of nitrogens with one attached hydrogen (secondary N) is 1. The number of carbonyl (C=O) groups excluding carboxylic acids is 1. The average molecular weight is 175 g/mol. The molecular formula is C7H13NO2S. The van der Waals surface area contributed by atoms with Gasteiger partial charge in [-0.25, -0.2) is 0 Å². The van der Waals surface area contributed by atoms with Gasteiger partial charge in [-0.3, -0.25) is 4.79 Å². The molecule has 0 spiro atoms. The number of aliphatic hydroxyl groups is 1. The third-order valence-corrected chi connectivity index (χ3v) is 2.04. The van der Waals surface area contributed by atoms with Crippen molar-refractivity contribution in [3.63, 3.8) is 0 Å². The van der Waals surface area contributed by atoms with Crippen molar-refractivity contribution in [1.29, 1.82) is 0 Å². The highest BCUT2D eigenvalue weighted by Gasteiger charge is 2.27. The summed E-state index contributed by atoms with van der Waals surface area (Å²) in [6.45, 7) is 0. The second kappa shape index (κ2) is 3.97. The summed E-state index contributed by atoms with van der Waals surface area (Å²) in [5, 5.41) is 11.7. The summed E-state index contributed by atoms with van der Waals surface area (Å²) in [5.74, 6) is 0.623. The Morgan fingerprint density at radius 3 is 2.73 bits per heavy atom. The minimum atomic E-state index is -0.198. The van der Waals surface area contributed by atoms with Crippen LogP contribution in [0.25, 0.3) is 0 Å². The molecule has 1 amide bonds. The second-order valence-electron chi connectivity index (χ2n) is 2.86. The van der Waals surface area contributed by atoms with E-state index in [-0.39, 0.29) is 18.1 Å². The maximum Gasteiger partial charge on any atom is 0.221 e. The molecule has 64 valence electrons. The number of hydrogen-bond acceptors (Lipinski definition) is 3.